The lowest BCUT2D eigenvalue weighted by atomic mass is 10.1. The van der Waals surface area contributed by atoms with Crippen LogP contribution in [0.3, 0.4) is 0 Å². The number of amides is 2. The number of hydrogen-bond donors (Lipinski definition) is 2. The summed E-state index contributed by atoms with van der Waals surface area (Å²) in [5, 5.41) is 16.4. The van der Waals surface area contributed by atoms with Crippen molar-refractivity contribution in [2.24, 2.45) is 0 Å². The third-order valence-corrected chi connectivity index (χ3v) is 4.88. The van der Waals surface area contributed by atoms with Crippen LogP contribution in [0.5, 0.6) is 0 Å². The first-order chi connectivity index (χ1) is 14.1. The fourth-order valence-electron chi connectivity index (χ4n) is 3.28. The number of benzene rings is 1. The minimum absolute atomic E-state index is 0.0230. The maximum absolute atomic E-state index is 12.6. The van der Waals surface area contributed by atoms with Crippen LogP contribution in [-0.2, 0) is 6.18 Å². The van der Waals surface area contributed by atoms with E-state index in [1.807, 2.05) is 4.90 Å². The Labute approximate surface area is 170 Å². The summed E-state index contributed by atoms with van der Waals surface area (Å²) in [4.78, 5) is 28.3. The summed E-state index contributed by atoms with van der Waals surface area (Å²) in [6.07, 6.45) is -2.39. The maximum Gasteiger partial charge on any atom is 0.417 e. The van der Waals surface area contributed by atoms with Gasteiger partial charge in [0.25, 0.3) is 5.69 Å². The molecule has 1 aliphatic rings. The van der Waals surface area contributed by atoms with Crippen molar-refractivity contribution in [3.05, 3.63) is 57.8 Å². The number of halogens is 3. The molecule has 2 N–H and O–H groups in total. The fraction of sp³-hybridized carbons (Fsp3) is 0.368. The fourth-order valence-corrected chi connectivity index (χ4v) is 3.28. The normalized spacial score (nSPS) is 15.0. The Hall–Kier alpha value is -3.37. The number of carbonyl (C=O) groups excluding carboxylic acids is 1. The second kappa shape index (κ2) is 8.56. The Bertz CT molecular complexity index is 926. The van der Waals surface area contributed by atoms with E-state index in [4.69, 9.17) is 0 Å². The number of piperidine rings is 1. The average Bonchev–Trinajstić information content (AvgIpc) is 2.68. The standard InChI is InChI=1S/C19H20F3N5O3/c1-12-10-15(3-4-16(12)27(29)30)25-18(28)24-14-6-8-26(9-7-14)17-5-2-13(11-23-17)19(20,21)22/h2-5,10-11,14H,6-9H2,1H3,(H2,24,25,28). The van der Waals surface area contributed by atoms with Crippen molar-refractivity contribution >= 4 is 23.2 Å². The highest BCUT2D eigenvalue weighted by Crippen LogP contribution is 2.30. The minimum Gasteiger partial charge on any atom is -0.356 e. The first-order valence-electron chi connectivity index (χ1n) is 9.24. The van der Waals surface area contributed by atoms with Gasteiger partial charge in [-0.15, -0.1) is 0 Å². The van der Waals surface area contributed by atoms with Gasteiger partial charge >= 0.3 is 12.2 Å². The van der Waals surface area contributed by atoms with Crippen molar-refractivity contribution < 1.29 is 22.9 Å². The Kier molecular flexibility index (Phi) is 6.09. The van der Waals surface area contributed by atoms with Gasteiger partial charge in [0, 0.05) is 42.6 Å². The van der Waals surface area contributed by atoms with Crippen molar-refractivity contribution in [1.29, 1.82) is 0 Å². The van der Waals surface area contributed by atoms with Crippen LogP contribution in [0.1, 0.15) is 24.0 Å². The van der Waals surface area contributed by atoms with Gasteiger partial charge in [0.05, 0.1) is 10.5 Å². The highest BCUT2D eigenvalue weighted by atomic mass is 19.4. The van der Waals surface area contributed by atoms with E-state index in [1.165, 1.54) is 24.3 Å². The summed E-state index contributed by atoms with van der Waals surface area (Å²) in [6.45, 7) is 2.67. The lowest BCUT2D eigenvalue weighted by Gasteiger charge is -2.33. The van der Waals surface area contributed by atoms with E-state index in [0.717, 1.165) is 12.3 Å². The van der Waals surface area contributed by atoms with Crippen LogP contribution in [0.25, 0.3) is 0 Å². The second-order valence-corrected chi connectivity index (χ2v) is 7.02. The monoisotopic (exact) mass is 423 g/mol. The molecule has 0 atom stereocenters. The van der Waals surface area contributed by atoms with E-state index in [9.17, 15) is 28.1 Å². The maximum atomic E-state index is 12.6. The van der Waals surface area contributed by atoms with Crippen molar-refractivity contribution in [1.82, 2.24) is 10.3 Å². The van der Waals surface area contributed by atoms with E-state index in [2.05, 4.69) is 15.6 Å². The average molecular weight is 423 g/mol. The van der Waals surface area contributed by atoms with Crippen LogP contribution in [0, 0.1) is 17.0 Å². The lowest BCUT2D eigenvalue weighted by molar-refractivity contribution is -0.385. The van der Waals surface area contributed by atoms with Crippen LogP contribution < -0.4 is 15.5 Å². The summed E-state index contributed by atoms with van der Waals surface area (Å²) >= 11 is 0. The largest absolute Gasteiger partial charge is 0.417 e. The first kappa shape index (κ1) is 21.3. The molecule has 2 amide bonds. The summed E-state index contributed by atoms with van der Waals surface area (Å²) in [7, 11) is 0. The summed E-state index contributed by atoms with van der Waals surface area (Å²) in [6, 6.07) is 6.15. The number of rotatable bonds is 4. The second-order valence-electron chi connectivity index (χ2n) is 7.02. The van der Waals surface area contributed by atoms with Crippen LogP contribution in [0.4, 0.5) is 35.2 Å². The number of nitrogens with one attached hydrogen (secondary N) is 2. The molecular weight excluding hydrogens is 403 g/mol. The summed E-state index contributed by atoms with van der Waals surface area (Å²) < 4.78 is 37.9. The molecule has 160 valence electrons. The van der Waals surface area contributed by atoms with Crippen LogP contribution >= 0.6 is 0 Å². The minimum atomic E-state index is -4.42. The number of anilines is 2. The number of nitrogens with zero attached hydrogens (tertiary/aromatic N) is 3. The van der Waals surface area contributed by atoms with Gasteiger partial charge in [-0.2, -0.15) is 13.2 Å². The third-order valence-electron chi connectivity index (χ3n) is 4.88. The summed E-state index contributed by atoms with van der Waals surface area (Å²) in [5.41, 5.74) is 0.0725. The molecule has 3 rings (SSSR count). The van der Waals surface area contributed by atoms with Gasteiger partial charge < -0.3 is 15.5 Å². The zero-order chi connectivity index (χ0) is 21.9. The number of hydrogen-bond acceptors (Lipinski definition) is 5. The first-order valence-corrected chi connectivity index (χ1v) is 9.24. The SMILES string of the molecule is Cc1cc(NC(=O)NC2CCN(c3ccc(C(F)(F)F)cn3)CC2)ccc1[N+](=O)[O-]. The molecule has 2 aromatic rings. The topological polar surface area (TPSA) is 100 Å². The number of alkyl halides is 3. The van der Waals surface area contributed by atoms with Gasteiger partial charge in [-0.05, 0) is 44.0 Å². The van der Waals surface area contributed by atoms with Gasteiger partial charge in [0.2, 0.25) is 0 Å². The molecule has 11 heteroatoms. The third kappa shape index (κ3) is 5.16. The molecule has 0 spiro atoms. The van der Waals surface area contributed by atoms with Crippen LogP contribution in [0.2, 0.25) is 0 Å². The van der Waals surface area contributed by atoms with Gasteiger partial charge in [-0.3, -0.25) is 10.1 Å². The van der Waals surface area contributed by atoms with E-state index in [1.54, 1.807) is 6.92 Å². The zero-order valence-electron chi connectivity index (χ0n) is 16.1. The van der Waals surface area contributed by atoms with Crippen LogP contribution in [-0.4, -0.2) is 35.1 Å². The smallest absolute Gasteiger partial charge is 0.356 e. The van der Waals surface area contributed by atoms with E-state index >= 15 is 0 Å². The van der Waals surface area contributed by atoms with Gasteiger partial charge in [0.1, 0.15) is 5.82 Å². The number of urea groups is 1. The Morgan fingerprint density at radius 3 is 2.47 bits per heavy atom. The molecule has 1 aromatic carbocycles. The molecule has 0 aliphatic carbocycles. The van der Waals surface area contributed by atoms with E-state index in [-0.39, 0.29) is 11.7 Å². The number of nitro benzene ring substituents is 1. The highest BCUT2D eigenvalue weighted by Gasteiger charge is 2.31. The number of aromatic nitrogens is 1. The molecule has 1 saturated heterocycles. The predicted octanol–water partition coefficient (Wildman–Crippen LogP) is 4.11. The van der Waals surface area contributed by atoms with E-state index < -0.39 is 22.7 Å². The molecule has 0 radical (unpaired) electrons. The van der Waals surface area contributed by atoms with Crippen molar-refractivity contribution in [3.8, 4) is 0 Å². The molecule has 0 unspecified atom stereocenters. The molecule has 1 fully saturated rings. The molecule has 8 nitrogen and oxygen atoms in total. The molecule has 1 aromatic heterocycles. The van der Waals surface area contributed by atoms with Crippen LogP contribution in [0.15, 0.2) is 36.5 Å². The van der Waals surface area contributed by atoms with Crippen molar-refractivity contribution in [2.45, 2.75) is 32.0 Å². The molecule has 1 aliphatic heterocycles. The number of carbonyl (C=O) groups is 1. The quantitative estimate of drug-likeness (QED) is 0.570. The number of nitro groups is 1. The number of aryl methyl sites for hydroxylation is 1. The Morgan fingerprint density at radius 2 is 1.93 bits per heavy atom. The van der Waals surface area contributed by atoms with Crippen molar-refractivity contribution in [3.63, 3.8) is 0 Å². The number of pyridine rings is 1. The molecular formula is C19H20F3N5O3. The Balaban J connectivity index is 1.50. The highest BCUT2D eigenvalue weighted by molar-refractivity contribution is 5.89. The molecule has 2 heterocycles. The Morgan fingerprint density at radius 1 is 1.23 bits per heavy atom. The van der Waals surface area contributed by atoms with E-state index in [0.29, 0.717) is 43.0 Å². The van der Waals surface area contributed by atoms with Gasteiger partial charge in [-0.25, -0.2) is 9.78 Å². The predicted molar refractivity (Wildman–Crippen MR) is 104 cm³/mol. The zero-order valence-corrected chi connectivity index (χ0v) is 16.1. The lowest BCUT2D eigenvalue weighted by Crippen LogP contribution is -2.46. The molecule has 0 bridgehead atoms. The van der Waals surface area contributed by atoms with Crippen molar-refractivity contribution in [2.75, 3.05) is 23.3 Å². The molecule has 0 saturated carbocycles. The van der Waals surface area contributed by atoms with Gasteiger partial charge in [0.15, 0.2) is 0 Å². The summed E-state index contributed by atoms with van der Waals surface area (Å²) in [5.74, 6) is 0.465. The molecule has 30 heavy (non-hydrogen) atoms. The van der Waals surface area contributed by atoms with Gasteiger partial charge in [-0.1, -0.05) is 0 Å².